The number of rotatable bonds is 8. The van der Waals surface area contributed by atoms with Crippen molar-refractivity contribution in [3.8, 4) is 0 Å². The molecule has 0 saturated carbocycles. The van der Waals surface area contributed by atoms with E-state index in [-0.39, 0.29) is 5.91 Å². The summed E-state index contributed by atoms with van der Waals surface area (Å²) in [6.07, 6.45) is 2.06. The minimum absolute atomic E-state index is 0.0280. The Labute approximate surface area is 119 Å². The average molecular weight is 282 g/mol. The molecule has 1 rings (SSSR count). The van der Waals surface area contributed by atoms with Crippen molar-refractivity contribution in [3.05, 3.63) is 29.8 Å². The predicted octanol–water partition coefficient (Wildman–Crippen LogP) is 1.60. The summed E-state index contributed by atoms with van der Waals surface area (Å²) in [6.45, 7) is 2.28. The summed E-state index contributed by atoms with van der Waals surface area (Å²) in [5, 5.41) is 2.81. The molecule has 4 nitrogen and oxygen atoms in total. The fourth-order valence-corrected chi connectivity index (χ4v) is 2.10. The van der Waals surface area contributed by atoms with Gasteiger partial charge in [-0.05, 0) is 31.0 Å². The van der Waals surface area contributed by atoms with Crippen molar-refractivity contribution in [2.45, 2.75) is 11.4 Å². The molecule has 0 aliphatic rings. The first-order valence-corrected chi connectivity index (χ1v) is 7.45. The lowest BCUT2D eigenvalue weighted by atomic mass is 10.2. The van der Waals surface area contributed by atoms with Gasteiger partial charge in [0.1, 0.15) is 0 Å². The molecule has 1 aromatic rings. The first-order chi connectivity index (χ1) is 9.15. The number of hydrogen-bond acceptors (Lipinski definition) is 4. The number of benzene rings is 1. The maximum Gasteiger partial charge on any atom is 0.234 e. The lowest BCUT2D eigenvalue weighted by Gasteiger charge is -2.16. The Morgan fingerprint density at radius 1 is 1.37 bits per heavy atom. The molecule has 0 spiro atoms. The number of thioether (sulfide) groups is 1. The van der Waals surface area contributed by atoms with Crippen LogP contribution < -0.4 is 5.32 Å². The zero-order valence-electron chi connectivity index (χ0n) is 11.8. The smallest absolute Gasteiger partial charge is 0.234 e. The zero-order valence-corrected chi connectivity index (χ0v) is 12.6. The quantitative estimate of drug-likeness (QED) is 0.581. The minimum atomic E-state index is 0.0280. The number of nitrogens with one attached hydrogen (secondary N) is 1. The van der Waals surface area contributed by atoms with Gasteiger partial charge in [0.05, 0.1) is 13.2 Å². The number of likely N-dealkylation sites (N-methyl/N-ethyl adjacent to an activating group) is 1. The van der Waals surface area contributed by atoms with Gasteiger partial charge in [0.2, 0.25) is 5.91 Å². The number of ether oxygens (including phenoxy) is 1. The summed E-state index contributed by atoms with van der Waals surface area (Å²) in [5.74, 6) is 0.0280. The van der Waals surface area contributed by atoms with Crippen LogP contribution in [0, 0.1) is 0 Å². The molecule has 1 N–H and O–H groups in total. The lowest BCUT2D eigenvalue weighted by molar-refractivity contribution is -0.122. The highest BCUT2D eigenvalue weighted by molar-refractivity contribution is 7.98. The molecule has 0 atom stereocenters. The van der Waals surface area contributed by atoms with Crippen LogP contribution in [0.15, 0.2) is 29.2 Å². The number of methoxy groups -OCH3 is 1. The van der Waals surface area contributed by atoms with E-state index in [0.29, 0.717) is 19.7 Å². The highest BCUT2D eigenvalue weighted by Crippen LogP contribution is 2.15. The molecule has 1 amide bonds. The van der Waals surface area contributed by atoms with E-state index in [0.717, 1.165) is 6.54 Å². The van der Waals surface area contributed by atoms with Gasteiger partial charge in [-0.3, -0.25) is 9.69 Å². The Balaban J connectivity index is 2.33. The second-order valence-electron chi connectivity index (χ2n) is 4.36. The molecule has 1 aromatic carbocycles. The fraction of sp³-hybridized carbons (Fsp3) is 0.500. The third-order valence-electron chi connectivity index (χ3n) is 2.65. The molecule has 0 fully saturated rings. The first-order valence-electron chi connectivity index (χ1n) is 6.23. The van der Waals surface area contributed by atoms with E-state index in [1.165, 1.54) is 10.5 Å². The molecular weight excluding hydrogens is 260 g/mol. The van der Waals surface area contributed by atoms with E-state index < -0.39 is 0 Å². The van der Waals surface area contributed by atoms with Gasteiger partial charge in [-0.1, -0.05) is 12.1 Å². The van der Waals surface area contributed by atoms with Crippen LogP contribution in [0.4, 0.5) is 0 Å². The highest BCUT2D eigenvalue weighted by Gasteiger charge is 2.06. The van der Waals surface area contributed by atoms with E-state index in [2.05, 4.69) is 35.8 Å². The van der Waals surface area contributed by atoms with Crippen LogP contribution in [0.1, 0.15) is 5.56 Å². The Hall–Kier alpha value is -1.04. The Bertz CT molecular complexity index is 382. The number of amides is 1. The molecule has 0 aromatic heterocycles. The highest BCUT2D eigenvalue weighted by atomic mass is 32.2. The van der Waals surface area contributed by atoms with Crippen LogP contribution in [-0.4, -0.2) is 50.9 Å². The third kappa shape index (κ3) is 6.61. The normalized spacial score (nSPS) is 10.7. The Morgan fingerprint density at radius 2 is 2.05 bits per heavy atom. The van der Waals surface area contributed by atoms with Crippen LogP contribution in [0.25, 0.3) is 0 Å². The fourth-order valence-electron chi connectivity index (χ4n) is 1.69. The lowest BCUT2D eigenvalue weighted by Crippen LogP contribution is -2.36. The summed E-state index contributed by atoms with van der Waals surface area (Å²) in [4.78, 5) is 14.9. The standard InChI is InChI=1S/C14H22N2O2S/c1-16(11-14(17)15-8-9-18-2)10-12-4-6-13(19-3)7-5-12/h4-7H,8-11H2,1-3H3,(H,15,17). The molecule has 0 radical (unpaired) electrons. The average Bonchev–Trinajstić information content (AvgIpc) is 2.39. The van der Waals surface area contributed by atoms with Crippen molar-refractivity contribution >= 4 is 17.7 Å². The summed E-state index contributed by atoms with van der Waals surface area (Å²) in [5.41, 5.74) is 1.21. The van der Waals surface area contributed by atoms with Crippen molar-refractivity contribution < 1.29 is 9.53 Å². The van der Waals surface area contributed by atoms with E-state index in [1.54, 1.807) is 18.9 Å². The summed E-state index contributed by atoms with van der Waals surface area (Å²) in [7, 11) is 3.56. The third-order valence-corrected chi connectivity index (χ3v) is 3.40. The Morgan fingerprint density at radius 3 is 2.63 bits per heavy atom. The monoisotopic (exact) mass is 282 g/mol. The number of nitrogens with zero attached hydrogens (tertiary/aromatic N) is 1. The van der Waals surface area contributed by atoms with Crippen LogP contribution in [0.5, 0.6) is 0 Å². The summed E-state index contributed by atoms with van der Waals surface area (Å²) in [6, 6.07) is 8.41. The van der Waals surface area contributed by atoms with Crippen molar-refractivity contribution in [2.75, 3.05) is 40.1 Å². The van der Waals surface area contributed by atoms with Gasteiger partial charge in [-0.2, -0.15) is 0 Å². The van der Waals surface area contributed by atoms with Gasteiger partial charge in [0, 0.05) is 25.1 Å². The zero-order chi connectivity index (χ0) is 14.1. The number of hydrogen-bond donors (Lipinski definition) is 1. The largest absolute Gasteiger partial charge is 0.383 e. The molecule has 0 aliphatic carbocycles. The second-order valence-corrected chi connectivity index (χ2v) is 5.24. The van der Waals surface area contributed by atoms with Gasteiger partial charge in [0.25, 0.3) is 0 Å². The SMILES string of the molecule is COCCNC(=O)CN(C)Cc1ccc(SC)cc1. The topological polar surface area (TPSA) is 41.6 Å². The minimum Gasteiger partial charge on any atom is -0.383 e. The predicted molar refractivity (Wildman–Crippen MR) is 79.4 cm³/mol. The second kappa shape index (κ2) is 8.96. The first kappa shape index (κ1) is 16.0. The summed E-state index contributed by atoms with van der Waals surface area (Å²) < 4.78 is 4.88. The maximum atomic E-state index is 11.6. The number of carbonyl (C=O) groups excluding carboxylic acids is 1. The van der Waals surface area contributed by atoms with E-state index in [4.69, 9.17) is 4.74 Å². The van der Waals surface area contributed by atoms with Crippen molar-refractivity contribution in [2.24, 2.45) is 0 Å². The molecule has 19 heavy (non-hydrogen) atoms. The van der Waals surface area contributed by atoms with Gasteiger partial charge >= 0.3 is 0 Å². The van der Waals surface area contributed by atoms with Gasteiger partial charge < -0.3 is 10.1 Å². The van der Waals surface area contributed by atoms with Crippen LogP contribution in [-0.2, 0) is 16.1 Å². The van der Waals surface area contributed by atoms with Crippen molar-refractivity contribution in [3.63, 3.8) is 0 Å². The van der Waals surface area contributed by atoms with Gasteiger partial charge in [-0.15, -0.1) is 11.8 Å². The van der Waals surface area contributed by atoms with E-state index >= 15 is 0 Å². The van der Waals surface area contributed by atoms with Gasteiger partial charge in [-0.25, -0.2) is 0 Å². The molecule has 106 valence electrons. The van der Waals surface area contributed by atoms with Gasteiger partial charge in [0.15, 0.2) is 0 Å². The molecule has 5 heteroatoms. The maximum absolute atomic E-state index is 11.6. The number of carbonyl (C=O) groups is 1. The molecule has 0 saturated heterocycles. The van der Waals surface area contributed by atoms with Crippen LogP contribution in [0.2, 0.25) is 0 Å². The van der Waals surface area contributed by atoms with Crippen molar-refractivity contribution in [1.82, 2.24) is 10.2 Å². The Kier molecular flexibility index (Phi) is 7.55. The van der Waals surface area contributed by atoms with Crippen LogP contribution >= 0.6 is 11.8 Å². The molecule has 0 aliphatic heterocycles. The van der Waals surface area contributed by atoms with Crippen molar-refractivity contribution in [1.29, 1.82) is 0 Å². The molecule has 0 bridgehead atoms. The molecule has 0 heterocycles. The van der Waals surface area contributed by atoms with Crippen LogP contribution in [0.3, 0.4) is 0 Å². The van der Waals surface area contributed by atoms with E-state index in [9.17, 15) is 4.79 Å². The molecule has 0 unspecified atom stereocenters. The van der Waals surface area contributed by atoms with E-state index in [1.807, 2.05) is 11.9 Å². The summed E-state index contributed by atoms with van der Waals surface area (Å²) >= 11 is 1.73. The molecular formula is C14H22N2O2S.